The number of aryl methyl sites for hydroxylation is 1. The minimum absolute atomic E-state index is 0.0186. The highest BCUT2D eigenvalue weighted by molar-refractivity contribution is 9.10. The molecule has 2 rings (SSSR count). The lowest BCUT2D eigenvalue weighted by molar-refractivity contribution is -0.116. The van der Waals surface area contributed by atoms with Gasteiger partial charge >= 0.3 is 0 Å². The zero-order chi connectivity index (χ0) is 14.4. The summed E-state index contributed by atoms with van der Waals surface area (Å²) in [5.41, 5.74) is 2.62. The first kappa shape index (κ1) is 14.4. The fourth-order valence-electron chi connectivity index (χ4n) is 1.86. The number of terminal acetylenes is 1. The van der Waals surface area contributed by atoms with Gasteiger partial charge in [-0.05, 0) is 36.2 Å². The molecule has 0 bridgehead atoms. The van der Waals surface area contributed by atoms with E-state index in [1.54, 1.807) is 6.07 Å². The monoisotopic (exact) mass is 327 g/mol. The van der Waals surface area contributed by atoms with Crippen LogP contribution in [0.2, 0.25) is 0 Å². The van der Waals surface area contributed by atoms with E-state index in [0.717, 1.165) is 21.3 Å². The smallest absolute Gasteiger partial charge is 0.224 e. The predicted molar refractivity (Wildman–Crippen MR) is 85.5 cm³/mol. The molecule has 2 nitrogen and oxygen atoms in total. The topological polar surface area (TPSA) is 29.1 Å². The molecule has 0 spiro atoms. The maximum absolute atomic E-state index is 11.9. The first-order chi connectivity index (χ1) is 9.69. The SMILES string of the molecule is C#Cc1cccc(NC(=O)CCc2ccccc2Br)c1. The molecule has 0 aliphatic rings. The van der Waals surface area contributed by atoms with Crippen molar-refractivity contribution in [2.75, 3.05) is 5.32 Å². The molecule has 1 N–H and O–H groups in total. The van der Waals surface area contributed by atoms with E-state index in [-0.39, 0.29) is 5.91 Å². The Morgan fingerprint density at radius 1 is 1.20 bits per heavy atom. The van der Waals surface area contributed by atoms with E-state index in [0.29, 0.717) is 12.8 Å². The van der Waals surface area contributed by atoms with Crippen LogP contribution in [0.25, 0.3) is 0 Å². The second kappa shape index (κ2) is 6.93. The van der Waals surface area contributed by atoms with E-state index >= 15 is 0 Å². The molecule has 0 radical (unpaired) electrons. The third kappa shape index (κ3) is 3.97. The number of benzene rings is 2. The van der Waals surface area contributed by atoms with Gasteiger partial charge in [0.1, 0.15) is 0 Å². The Balaban J connectivity index is 1.93. The highest BCUT2D eigenvalue weighted by Crippen LogP contribution is 2.18. The maximum atomic E-state index is 11.9. The summed E-state index contributed by atoms with van der Waals surface area (Å²) >= 11 is 3.48. The van der Waals surface area contributed by atoms with Crippen molar-refractivity contribution >= 4 is 27.5 Å². The molecular weight excluding hydrogens is 314 g/mol. The molecule has 0 unspecified atom stereocenters. The van der Waals surface area contributed by atoms with Crippen LogP contribution in [0.3, 0.4) is 0 Å². The van der Waals surface area contributed by atoms with Crippen LogP contribution < -0.4 is 5.32 Å². The van der Waals surface area contributed by atoms with Gasteiger partial charge in [-0.3, -0.25) is 4.79 Å². The second-order valence-electron chi connectivity index (χ2n) is 4.36. The zero-order valence-electron chi connectivity index (χ0n) is 10.9. The lowest BCUT2D eigenvalue weighted by atomic mass is 10.1. The van der Waals surface area contributed by atoms with Crippen LogP contribution in [0.4, 0.5) is 5.69 Å². The summed E-state index contributed by atoms with van der Waals surface area (Å²) in [5, 5.41) is 2.86. The molecule has 0 saturated heterocycles. The van der Waals surface area contributed by atoms with Crippen molar-refractivity contribution in [2.45, 2.75) is 12.8 Å². The van der Waals surface area contributed by atoms with Gasteiger partial charge in [0.15, 0.2) is 0 Å². The van der Waals surface area contributed by atoms with Crippen LogP contribution in [-0.2, 0) is 11.2 Å². The summed E-state index contributed by atoms with van der Waals surface area (Å²) in [7, 11) is 0. The van der Waals surface area contributed by atoms with Gasteiger partial charge in [0.05, 0.1) is 0 Å². The average Bonchev–Trinajstić information content (AvgIpc) is 2.46. The predicted octanol–water partition coefficient (Wildman–Crippen LogP) is 4.00. The number of amides is 1. The molecule has 0 atom stereocenters. The molecule has 0 aliphatic carbocycles. The Bertz CT molecular complexity index is 658. The standard InChI is InChI=1S/C17H14BrNO/c1-2-13-6-5-8-15(12-13)19-17(20)11-10-14-7-3-4-9-16(14)18/h1,3-9,12H,10-11H2,(H,19,20). The fraction of sp³-hybridized carbons (Fsp3) is 0.118. The Morgan fingerprint density at radius 2 is 2.00 bits per heavy atom. The molecule has 0 aliphatic heterocycles. The number of halogens is 1. The Labute approximate surface area is 127 Å². The van der Waals surface area contributed by atoms with Crippen molar-refractivity contribution < 1.29 is 4.79 Å². The second-order valence-corrected chi connectivity index (χ2v) is 5.22. The van der Waals surface area contributed by atoms with E-state index in [1.807, 2.05) is 42.5 Å². The summed E-state index contributed by atoms with van der Waals surface area (Å²) in [6.45, 7) is 0. The molecule has 0 heterocycles. The zero-order valence-corrected chi connectivity index (χ0v) is 12.5. The molecule has 20 heavy (non-hydrogen) atoms. The van der Waals surface area contributed by atoms with Gasteiger partial charge in [-0.15, -0.1) is 6.42 Å². The number of carbonyl (C=O) groups is 1. The molecular formula is C17H14BrNO. The van der Waals surface area contributed by atoms with Gasteiger partial charge in [-0.25, -0.2) is 0 Å². The van der Waals surface area contributed by atoms with Crippen LogP contribution in [0.15, 0.2) is 53.0 Å². The first-order valence-corrected chi connectivity index (χ1v) is 7.08. The van der Waals surface area contributed by atoms with Gasteiger partial charge in [0.25, 0.3) is 0 Å². The largest absolute Gasteiger partial charge is 0.326 e. The normalized spacial score (nSPS) is 9.80. The summed E-state index contributed by atoms with van der Waals surface area (Å²) < 4.78 is 1.03. The number of hydrogen-bond donors (Lipinski definition) is 1. The van der Waals surface area contributed by atoms with E-state index in [1.165, 1.54) is 0 Å². The summed E-state index contributed by atoms with van der Waals surface area (Å²) in [5.74, 6) is 2.53. The maximum Gasteiger partial charge on any atom is 0.224 e. The number of carbonyl (C=O) groups excluding carboxylic acids is 1. The lowest BCUT2D eigenvalue weighted by Crippen LogP contribution is -2.12. The molecule has 0 fully saturated rings. The average molecular weight is 328 g/mol. The van der Waals surface area contributed by atoms with Crippen molar-refractivity contribution in [3.05, 3.63) is 64.1 Å². The van der Waals surface area contributed by atoms with Crippen LogP contribution in [-0.4, -0.2) is 5.91 Å². The molecule has 3 heteroatoms. The van der Waals surface area contributed by atoms with Crippen molar-refractivity contribution in [1.82, 2.24) is 0 Å². The van der Waals surface area contributed by atoms with Crippen LogP contribution in [0.5, 0.6) is 0 Å². The summed E-state index contributed by atoms with van der Waals surface area (Å²) in [6.07, 6.45) is 6.46. The summed E-state index contributed by atoms with van der Waals surface area (Å²) in [6, 6.07) is 15.2. The Hall–Kier alpha value is -2.05. The quantitative estimate of drug-likeness (QED) is 0.845. The lowest BCUT2D eigenvalue weighted by Gasteiger charge is -2.07. The van der Waals surface area contributed by atoms with E-state index in [4.69, 9.17) is 6.42 Å². The highest BCUT2D eigenvalue weighted by atomic mass is 79.9. The number of nitrogens with one attached hydrogen (secondary N) is 1. The van der Waals surface area contributed by atoms with E-state index in [9.17, 15) is 4.79 Å². The minimum Gasteiger partial charge on any atom is -0.326 e. The van der Waals surface area contributed by atoms with Crippen molar-refractivity contribution in [2.24, 2.45) is 0 Å². The van der Waals surface area contributed by atoms with Gasteiger partial charge in [-0.2, -0.15) is 0 Å². The molecule has 2 aromatic rings. The third-order valence-electron chi connectivity index (χ3n) is 2.89. The van der Waals surface area contributed by atoms with Gasteiger partial charge in [0.2, 0.25) is 5.91 Å². The first-order valence-electron chi connectivity index (χ1n) is 6.29. The molecule has 1 amide bonds. The van der Waals surface area contributed by atoms with Gasteiger partial charge in [-0.1, -0.05) is 46.1 Å². The number of hydrogen-bond acceptors (Lipinski definition) is 1. The molecule has 100 valence electrons. The summed E-state index contributed by atoms with van der Waals surface area (Å²) in [4.78, 5) is 11.9. The van der Waals surface area contributed by atoms with Crippen molar-refractivity contribution in [3.8, 4) is 12.3 Å². The van der Waals surface area contributed by atoms with Crippen molar-refractivity contribution in [3.63, 3.8) is 0 Å². The number of rotatable bonds is 4. The Morgan fingerprint density at radius 3 is 2.75 bits per heavy atom. The van der Waals surface area contributed by atoms with Crippen LogP contribution in [0.1, 0.15) is 17.5 Å². The van der Waals surface area contributed by atoms with Crippen LogP contribution >= 0.6 is 15.9 Å². The van der Waals surface area contributed by atoms with Crippen molar-refractivity contribution in [1.29, 1.82) is 0 Å². The van der Waals surface area contributed by atoms with Gasteiger partial charge in [0, 0.05) is 22.1 Å². The number of anilines is 1. The van der Waals surface area contributed by atoms with Gasteiger partial charge < -0.3 is 5.32 Å². The molecule has 2 aromatic carbocycles. The third-order valence-corrected chi connectivity index (χ3v) is 3.67. The van der Waals surface area contributed by atoms with E-state index < -0.39 is 0 Å². The molecule has 0 aromatic heterocycles. The molecule has 0 saturated carbocycles. The van der Waals surface area contributed by atoms with Crippen LogP contribution in [0, 0.1) is 12.3 Å². The Kier molecular flexibility index (Phi) is 4.97. The fourth-order valence-corrected chi connectivity index (χ4v) is 2.34. The minimum atomic E-state index is -0.0186. The van der Waals surface area contributed by atoms with E-state index in [2.05, 4.69) is 27.2 Å². The highest BCUT2D eigenvalue weighted by Gasteiger charge is 2.05.